The highest BCUT2D eigenvalue weighted by molar-refractivity contribution is 9.10. The van der Waals surface area contributed by atoms with E-state index in [4.69, 9.17) is 4.42 Å². The Morgan fingerprint density at radius 2 is 2.27 bits per heavy atom. The van der Waals surface area contributed by atoms with Crippen LogP contribution in [0.5, 0.6) is 0 Å². The van der Waals surface area contributed by atoms with Gasteiger partial charge >= 0.3 is 0 Å². The summed E-state index contributed by atoms with van der Waals surface area (Å²) in [5.41, 5.74) is 0.678. The Kier molecular flexibility index (Phi) is 2.64. The molecular formula is C10H5BrFNO2. The molecule has 0 atom stereocenters. The van der Waals surface area contributed by atoms with E-state index in [1.54, 1.807) is 12.1 Å². The molecule has 0 aliphatic rings. The molecule has 0 fully saturated rings. The van der Waals surface area contributed by atoms with Gasteiger partial charge in [-0.25, -0.2) is 9.37 Å². The SMILES string of the molecule is O=Cc1coc(-c2ccc(Br)c(F)c2)n1. The summed E-state index contributed by atoms with van der Waals surface area (Å²) < 4.78 is 18.5. The third kappa shape index (κ3) is 1.97. The molecule has 0 saturated heterocycles. The standard InChI is InChI=1S/C10H5BrFNO2/c11-8-2-1-6(3-9(8)12)10-13-7(4-14)5-15-10/h1-5H. The van der Waals surface area contributed by atoms with Crippen molar-refractivity contribution in [1.29, 1.82) is 0 Å². The smallest absolute Gasteiger partial charge is 0.226 e. The lowest BCUT2D eigenvalue weighted by Crippen LogP contribution is -1.83. The van der Waals surface area contributed by atoms with Crippen LogP contribution < -0.4 is 0 Å². The maximum Gasteiger partial charge on any atom is 0.226 e. The van der Waals surface area contributed by atoms with Crippen molar-refractivity contribution in [2.24, 2.45) is 0 Å². The summed E-state index contributed by atoms with van der Waals surface area (Å²) in [6.07, 6.45) is 1.80. The molecule has 1 aromatic heterocycles. The van der Waals surface area contributed by atoms with E-state index in [0.29, 0.717) is 16.3 Å². The molecule has 0 amide bonds. The van der Waals surface area contributed by atoms with Gasteiger partial charge in [0.25, 0.3) is 0 Å². The number of rotatable bonds is 2. The molecule has 0 bridgehead atoms. The summed E-state index contributed by atoms with van der Waals surface area (Å²) in [5.74, 6) is -0.179. The van der Waals surface area contributed by atoms with E-state index in [-0.39, 0.29) is 11.6 Å². The lowest BCUT2D eigenvalue weighted by molar-refractivity contribution is 0.111. The number of benzene rings is 1. The number of nitrogens with zero attached hydrogens (tertiary/aromatic N) is 1. The van der Waals surface area contributed by atoms with E-state index in [1.165, 1.54) is 12.3 Å². The van der Waals surface area contributed by atoms with Crippen LogP contribution in [0.2, 0.25) is 0 Å². The number of aldehydes is 1. The van der Waals surface area contributed by atoms with Gasteiger partial charge in [0.05, 0.1) is 4.47 Å². The van der Waals surface area contributed by atoms with Crippen molar-refractivity contribution >= 4 is 22.2 Å². The maximum atomic E-state index is 13.2. The summed E-state index contributed by atoms with van der Waals surface area (Å²) in [6, 6.07) is 4.48. The number of carbonyl (C=O) groups is 1. The van der Waals surface area contributed by atoms with Crippen LogP contribution in [0.1, 0.15) is 10.5 Å². The van der Waals surface area contributed by atoms with Crippen molar-refractivity contribution in [3.05, 3.63) is 40.4 Å². The highest BCUT2D eigenvalue weighted by Gasteiger charge is 2.08. The first kappa shape index (κ1) is 10.0. The van der Waals surface area contributed by atoms with E-state index in [2.05, 4.69) is 20.9 Å². The highest BCUT2D eigenvalue weighted by Crippen LogP contribution is 2.23. The van der Waals surface area contributed by atoms with Crippen LogP contribution in [0.25, 0.3) is 11.5 Å². The van der Waals surface area contributed by atoms with Gasteiger partial charge in [-0.2, -0.15) is 0 Å². The average molecular weight is 270 g/mol. The second kappa shape index (κ2) is 3.94. The first-order valence-corrected chi connectivity index (χ1v) is 4.86. The molecular weight excluding hydrogens is 265 g/mol. The zero-order chi connectivity index (χ0) is 10.8. The fraction of sp³-hybridized carbons (Fsp3) is 0. The molecule has 2 aromatic rings. The predicted molar refractivity (Wildman–Crippen MR) is 55.0 cm³/mol. The molecule has 0 spiro atoms. The Balaban J connectivity index is 2.44. The molecule has 0 aliphatic carbocycles. The number of hydrogen-bond donors (Lipinski definition) is 0. The predicted octanol–water partition coefficient (Wildman–Crippen LogP) is 3.06. The topological polar surface area (TPSA) is 43.1 Å². The fourth-order valence-electron chi connectivity index (χ4n) is 1.10. The average Bonchev–Trinajstić information content (AvgIpc) is 2.70. The molecule has 2 rings (SSSR count). The number of aromatic nitrogens is 1. The van der Waals surface area contributed by atoms with Crippen LogP contribution in [-0.2, 0) is 0 Å². The van der Waals surface area contributed by atoms with Crippen molar-refractivity contribution in [1.82, 2.24) is 4.98 Å². The molecule has 0 saturated carbocycles. The maximum absolute atomic E-state index is 13.2. The van der Waals surface area contributed by atoms with Crippen LogP contribution in [0, 0.1) is 5.82 Å². The quantitative estimate of drug-likeness (QED) is 0.787. The molecule has 5 heteroatoms. The Morgan fingerprint density at radius 3 is 2.87 bits per heavy atom. The summed E-state index contributed by atoms with van der Waals surface area (Å²) >= 11 is 3.04. The summed E-state index contributed by atoms with van der Waals surface area (Å²) in [4.78, 5) is 14.2. The number of halogens is 2. The normalized spacial score (nSPS) is 10.3. The van der Waals surface area contributed by atoms with E-state index < -0.39 is 5.82 Å². The lowest BCUT2D eigenvalue weighted by Gasteiger charge is -1.97. The van der Waals surface area contributed by atoms with E-state index >= 15 is 0 Å². The van der Waals surface area contributed by atoms with Crippen molar-refractivity contribution in [2.45, 2.75) is 0 Å². The van der Waals surface area contributed by atoms with Gasteiger partial charge < -0.3 is 4.42 Å². The van der Waals surface area contributed by atoms with Crippen molar-refractivity contribution in [3.8, 4) is 11.5 Å². The second-order valence-corrected chi connectivity index (χ2v) is 3.68. The van der Waals surface area contributed by atoms with Gasteiger partial charge in [0.1, 0.15) is 17.8 Å². The molecule has 0 unspecified atom stereocenters. The monoisotopic (exact) mass is 269 g/mol. The lowest BCUT2D eigenvalue weighted by atomic mass is 10.2. The minimum Gasteiger partial charge on any atom is -0.444 e. The highest BCUT2D eigenvalue weighted by atomic mass is 79.9. The Morgan fingerprint density at radius 1 is 1.47 bits per heavy atom. The van der Waals surface area contributed by atoms with Crippen molar-refractivity contribution in [2.75, 3.05) is 0 Å². The molecule has 0 N–H and O–H groups in total. The van der Waals surface area contributed by atoms with Crippen LogP contribution in [0.4, 0.5) is 4.39 Å². The first-order chi connectivity index (χ1) is 7.20. The third-order valence-corrected chi connectivity index (χ3v) is 2.45. The minimum atomic E-state index is -0.404. The summed E-state index contributed by atoms with van der Waals surface area (Å²) in [7, 11) is 0. The third-order valence-electron chi connectivity index (χ3n) is 1.81. The van der Waals surface area contributed by atoms with Gasteiger partial charge in [0.2, 0.25) is 5.89 Å². The summed E-state index contributed by atoms with van der Waals surface area (Å²) in [6.45, 7) is 0. The molecule has 1 heterocycles. The van der Waals surface area contributed by atoms with Gasteiger partial charge in [-0.05, 0) is 34.1 Å². The van der Waals surface area contributed by atoms with E-state index in [9.17, 15) is 9.18 Å². The number of oxazole rings is 1. The molecule has 76 valence electrons. The van der Waals surface area contributed by atoms with Crippen LogP contribution in [0.15, 0.2) is 33.4 Å². The fourth-order valence-corrected chi connectivity index (χ4v) is 1.35. The molecule has 0 aliphatic heterocycles. The molecule has 0 radical (unpaired) electrons. The number of hydrogen-bond acceptors (Lipinski definition) is 3. The first-order valence-electron chi connectivity index (χ1n) is 4.07. The Labute approximate surface area is 93.1 Å². The molecule has 1 aromatic carbocycles. The zero-order valence-corrected chi connectivity index (χ0v) is 8.99. The number of carbonyl (C=O) groups excluding carboxylic acids is 1. The molecule has 15 heavy (non-hydrogen) atoms. The zero-order valence-electron chi connectivity index (χ0n) is 7.41. The van der Waals surface area contributed by atoms with E-state index in [0.717, 1.165) is 0 Å². The Bertz CT molecular complexity index is 510. The van der Waals surface area contributed by atoms with Gasteiger partial charge in [-0.1, -0.05) is 0 Å². The summed E-state index contributed by atoms with van der Waals surface area (Å²) in [5, 5.41) is 0. The van der Waals surface area contributed by atoms with Crippen LogP contribution >= 0.6 is 15.9 Å². The van der Waals surface area contributed by atoms with Gasteiger partial charge in [0, 0.05) is 5.56 Å². The van der Waals surface area contributed by atoms with Crippen LogP contribution in [0.3, 0.4) is 0 Å². The largest absolute Gasteiger partial charge is 0.444 e. The van der Waals surface area contributed by atoms with Crippen LogP contribution in [-0.4, -0.2) is 11.3 Å². The molecule has 3 nitrogen and oxygen atoms in total. The van der Waals surface area contributed by atoms with Gasteiger partial charge in [0.15, 0.2) is 6.29 Å². The Hall–Kier alpha value is -1.49. The van der Waals surface area contributed by atoms with Crippen molar-refractivity contribution < 1.29 is 13.6 Å². The van der Waals surface area contributed by atoms with Gasteiger partial charge in [-0.3, -0.25) is 4.79 Å². The van der Waals surface area contributed by atoms with E-state index in [1.807, 2.05) is 0 Å². The van der Waals surface area contributed by atoms with Gasteiger partial charge in [-0.15, -0.1) is 0 Å². The second-order valence-electron chi connectivity index (χ2n) is 2.82. The minimum absolute atomic E-state index is 0.188. The van der Waals surface area contributed by atoms with Crippen molar-refractivity contribution in [3.63, 3.8) is 0 Å².